The number of benzene rings is 1. The summed E-state index contributed by atoms with van der Waals surface area (Å²) in [7, 11) is 0. The summed E-state index contributed by atoms with van der Waals surface area (Å²) < 4.78 is 0. The van der Waals surface area contributed by atoms with Gasteiger partial charge in [0.05, 0.1) is 5.60 Å². The maximum atomic E-state index is 11.2. The predicted molar refractivity (Wildman–Crippen MR) is 77.8 cm³/mol. The van der Waals surface area contributed by atoms with Crippen molar-refractivity contribution < 1.29 is 5.11 Å². The molecule has 2 nitrogen and oxygen atoms in total. The van der Waals surface area contributed by atoms with Crippen molar-refractivity contribution in [3.63, 3.8) is 0 Å². The van der Waals surface area contributed by atoms with Crippen molar-refractivity contribution >= 4 is 10.8 Å². The average molecular weight is 255 g/mol. The Morgan fingerprint density at radius 1 is 1.21 bits per heavy atom. The standard InChI is InChI=1S/C17H21NO/c1-12-8-16(2,3)11-17(12,19)15-10-18-9-13-6-4-5-7-14(13)15/h4-7,9-10,12,19H,8,11H2,1-3H3. The van der Waals surface area contributed by atoms with Crippen LogP contribution in [-0.4, -0.2) is 10.1 Å². The third kappa shape index (κ3) is 1.95. The summed E-state index contributed by atoms with van der Waals surface area (Å²) in [6, 6.07) is 8.18. The van der Waals surface area contributed by atoms with Crippen molar-refractivity contribution in [2.24, 2.45) is 11.3 Å². The molecule has 2 unspecified atom stereocenters. The molecule has 1 fully saturated rings. The number of nitrogens with zero attached hydrogens (tertiary/aromatic N) is 1. The Balaban J connectivity index is 2.19. The molecule has 3 rings (SSSR count). The Hall–Kier alpha value is -1.41. The van der Waals surface area contributed by atoms with E-state index in [-0.39, 0.29) is 11.3 Å². The van der Waals surface area contributed by atoms with E-state index in [1.807, 2.05) is 24.5 Å². The molecular weight excluding hydrogens is 234 g/mol. The van der Waals surface area contributed by atoms with Gasteiger partial charge in [0.2, 0.25) is 0 Å². The van der Waals surface area contributed by atoms with Gasteiger partial charge in [-0.15, -0.1) is 0 Å². The molecule has 1 heterocycles. The SMILES string of the molecule is CC1CC(C)(C)CC1(O)c1cncc2ccccc12. The lowest BCUT2D eigenvalue weighted by molar-refractivity contribution is 0.000308. The van der Waals surface area contributed by atoms with Crippen LogP contribution >= 0.6 is 0 Å². The highest BCUT2D eigenvalue weighted by Crippen LogP contribution is 2.53. The fourth-order valence-corrected chi connectivity index (χ4v) is 3.80. The molecule has 100 valence electrons. The fourth-order valence-electron chi connectivity index (χ4n) is 3.80. The van der Waals surface area contributed by atoms with Gasteiger partial charge < -0.3 is 5.11 Å². The van der Waals surface area contributed by atoms with E-state index in [0.717, 1.165) is 29.2 Å². The number of fused-ring (bicyclic) bond motifs is 1. The van der Waals surface area contributed by atoms with E-state index in [9.17, 15) is 5.11 Å². The minimum atomic E-state index is -0.753. The molecule has 0 aliphatic heterocycles. The third-order valence-electron chi connectivity index (χ3n) is 4.56. The molecule has 19 heavy (non-hydrogen) atoms. The first-order valence-corrected chi connectivity index (χ1v) is 6.98. The van der Waals surface area contributed by atoms with Crippen molar-refractivity contribution in [2.75, 3.05) is 0 Å². The van der Waals surface area contributed by atoms with Gasteiger partial charge in [0, 0.05) is 23.3 Å². The quantitative estimate of drug-likeness (QED) is 0.839. The van der Waals surface area contributed by atoms with Gasteiger partial charge in [0.15, 0.2) is 0 Å². The summed E-state index contributed by atoms with van der Waals surface area (Å²) in [5.74, 6) is 0.259. The van der Waals surface area contributed by atoms with Crippen molar-refractivity contribution in [2.45, 2.75) is 39.2 Å². The van der Waals surface area contributed by atoms with E-state index in [2.05, 4.69) is 37.9 Å². The molecular formula is C17H21NO. The van der Waals surface area contributed by atoms with E-state index in [0.29, 0.717) is 0 Å². The Morgan fingerprint density at radius 2 is 1.95 bits per heavy atom. The van der Waals surface area contributed by atoms with E-state index in [1.165, 1.54) is 0 Å². The number of rotatable bonds is 1. The van der Waals surface area contributed by atoms with E-state index in [1.54, 1.807) is 0 Å². The lowest BCUT2D eigenvalue weighted by Crippen LogP contribution is -2.29. The molecule has 1 N–H and O–H groups in total. The summed E-state index contributed by atoms with van der Waals surface area (Å²) >= 11 is 0. The van der Waals surface area contributed by atoms with E-state index >= 15 is 0 Å². The van der Waals surface area contributed by atoms with Gasteiger partial charge in [0.25, 0.3) is 0 Å². The zero-order chi connectivity index (χ0) is 13.7. The van der Waals surface area contributed by atoms with Crippen molar-refractivity contribution in [3.8, 4) is 0 Å². The number of hydrogen-bond acceptors (Lipinski definition) is 2. The zero-order valence-corrected chi connectivity index (χ0v) is 11.9. The van der Waals surface area contributed by atoms with Crippen LogP contribution < -0.4 is 0 Å². The molecule has 1 aromatic carbocycles. The summed E-state index contributed by atoms with van der Waals surface area (Å²) in [5, 5.41) is 13.5. The molecule has 0 radical (unpaired) electrons. The van der Waals surface area contributed by atoms with E-state index < -0.39 is 5.60 Å². The van der Waals surface area contributed by atoms with Gasteiger partial charge in [-0.05, 0) is 29.6 Å². The smallest absolute Gasteiger partial charge is 0.0948 e. The monoisotopic (exact) mass is 255 g/mol. The van der Waals surface area contributed by atoms with Crippen molar-refractivity contribution in [1.82, 2.24) is 4.98 Å². The zero-order valence-electron chi connectivity index (χ0n) is 11.9. The van der Waals surface area contributed by atoms with Crippen LogP contribution in [0.15, 0.2) is 36.7 Å². The molecule has 0 amide bonds. The van der Waals surface area contributed by atoms with Crippen LogP contribution in [0, 0.1) is 11.3 Å². The van der Waals surface area contributed by atoms with Gasteiger partial charge in [-0.2, -0.15) is 0 Å². The molecule has 2 heteroatoms. The summed E-state index contributed by atoms with van der Waals surface area (Å²) in [5.41, 5.74) is 0.423. The van der Waals surface area contributed by atoms with Crippen LogP contribution in [-0.2, 0) is 5.60 Å². The second-order valence-electron chi connectivity index (χ2n) is 6.78. The third-order valence-corrected chi connectivity index (χ3v) is 4.56. The lowest BCUT2D eigenvalue weighted by atomic mass is 9.82. The largest absolute Gasteiger partial charge is 0.385 e. The second-order valence-corrected chi connectivity index (χ2v) is 6.78. The molecule has 1 aromatic heterocycles. The predicted octanol–water partition coefficient (Wildman–Crippen LogP) is 3.88. The Morgan fingerprint density at radius 3 is 2.63 bits per heavy atom. The van der Waals surface area contributed by atoms with E-state index in [4.69, 9.17) is 0 Å². The Bertz CT molecular complexity index is 614. The maximum Gasteiger partial charge on any atom is 0.0948 e. The van der Waals surface area contributed by atoms with Crippen LogP contribution in [0.1, 0.15) is 39.2 Å². The summed E-state index contributed by atoms with van der Waals surface area (Å²) in [4.78, 5) is 4.32. The van der Waals surface area contributed by atoms with Crippen molar-refractivity contribution in [3.05, 3.63) is 42.2 Å². The topological polar surface area (TPSA) is 33.1 Å². The number of hydrogen-bond donors (Lipinski definition) is 1. The molecule has 2 atom stereocenters. The average Bonchev–Trinajstić information content (AvgIpc) is 2.58. The van der Waals surface area contributed by atoms with Crippen molar-refractivity contribution in [1.29, 1.82) is 0 Å². The highest BCUT2D eigenvalue weighted by Gasteiger charge is 2.49. The van der Waals surface area contributed by atoms with Gasteiger partial charge >= 0.3 is 0 Å². The minimum Gasteiger partial charge on any atom is -0.385 e. The van der Waals surface area contributed by atoms with Gasteiger partial charge in [-0.1, -0.05) is 45.0 Å². The highest BCUT2D eigenvalue weighted by atomic mass is 16.3. The van der Waals surface area contributed by atoms with Crippen LogP contribution in [0.4, 0.5) is 0 Å². The number of aromatic nitrogens is 1. The van der Waals surface area contributed by atoms with Gasteiger partial charge in [-0.25, -0.2) is 0 Å². The van der Waals surface area contributed by atoms with Crippen LogP contribution in [0.5, 0.6) is 0 Å². The molecule has 1 saturated carbocycles. The summed E-state index contributed by atoms with van der Waals surface area (Å²) in [6.45, 7) is 6.62. The molecule has 2 aromatic rings. The number of pyridine rings is 1. The first-order valence-electron chi connectivity index (χ1n) is 6.98. The molecule has 1 aliphatic carbocycles. The lowest BCUT2D eigenvalue weighted by Gasteiger charge is -2.30. The molecule has 0 bridgehead atoms. The molecule has 0 saturated heterocycles. The second kappa shape index (κ2) is 4.04. The first kappa shape index (κ1) is 12.6. The number of aliphatic hydroxyl groups is 1. The van der Waals surface area contributed by atoms with Crippen LogP contribution in [0.2, 0.25) is 0 Å². The highest BCUT2D eigenvalue weighted by molar-refractivity contribution is 5.85. The minimum absolute atomic E-state index is 0.186. The normalized spacial score (nSPS) is 29.8. The van der Waals surface area contributed by atoms with Crippen LogP contribution in [0.3, 0.4) is 0 Å². The molecule has 0 spiro atoms. The Labute approximate surface area is 114 Å². The first-order chi connectivity index (χ1) is 8.92. The van der Waals surface area contributed by atoms with Gasteiger partial charge in [0.1, 0.15) is 0 Å². The maximum absolute atomic E-state index is 11.2. The molecule has 1 aliphatic rings. The summed E-state index contributed by atoms with van der Waals surface area (Å²) in [6.07, 6.45) is 5.57. The van der Waals surface area contributed by atoms with Crippen LogP contribution in [0.25, 0.3) is 10.8 Å². The van der Waals surface area contributed by atoms with Gasteiger partial charge in [-0.3, -0.25) is 4.98 Å². The Kier molecular flexibility index (Phi) is 2.68. The fraction of sp³-hybridized carbons (Fsp3) is 0.471.